The molecule has 1 aromatic rings. The summed E-state index contributed by atoms with van der Waals surface area (Å²) >= 11 is 0. The van der Waals surface area contributed by atoms with Gasteiger partial charge in [-0.3, -0.25) is 4.21 Å². The average molecular weight is 286 g/mol. The summed E-state index contributed by atoms with van der Waals surface area (Å²) in [5, 5.41) is 8.87. The summed E-state index contributed by atoms with van der Waals surface area (Å²) in [6, 6.07) is 3.39. The fraction of sp³-hybridized carbons (Fsp3) is 0.462. The van der Waals surface area contributed by atoms with Crippen LogP contribution in [0.1, 0.15) is 23.2 Å². The van der Waals surface area contributed by atoms with Crippen LogP contribution in [0.25, 0.3) is 0 Å². The lowest BCUT2D eigenvalue weighted by atomic mass is 10.0. The van der Waals surface area contributed by atoms with E-state index in [-0.39, 0.29) is 16.4 Å². The normalized spacial score (nSPS) is 18.2. The van der Waals surface area contributed by atoms with Crippen molar-refractivity contribution in [1.82, 2.24) is 0 Å². The lowest BCUT2D eigenvalue weighted by Gasteiger charge is -2.21. The van der Waals surface area contributed by atoms with E-state index in [2.05, 4.69) is 0 Å². The van der Waals surface area contributed by atoms with Crippen molar-refractivity contribution in [2.24, 2.45) is 5.92 Å². The summed E-state index contributed by atoms with van der Waals surface area (Å²) in [7, 11) is -1.51. The second-order valence-electron chi connectivity index (χ2n) is 4.52. The average Bonchev–Trinajstić information content (AvgIpc) is 2.40. The van der Waals surface area contributed by atoms with Gasteiger partial charge in [-0.05, 0) is 37.0 Å². The number of halogens is 1. The van der Waals surface area contributed by atoms with E-state index in [4.69, 9.17) is 9.84 Å². The lowest BCUT2D eigenvalue weighted by Crippen LogP contribution is -2.21. The highest BCUT2D eigenvalue weighted by Crippen LogP contribution is 2.21. The van der Waals surface area contributed by atoms with E-state index in [1.807, 2.05) is 0 Å². The zero-order valence-corrected chi connectivity index (χ0v) is 11.1. The zero-order chi connectivity index (χ0) is 13.8. The molecule has 1 N–H and O–H groups in total. The fourth-order valence-electron chi connectivity index (χ4n) is 2.03. The summed E-state index contributed by atoms with van der Waals surface area (Å²) < 4.78 is 31.0. The molecule has 2 rings (SSSR count). The van der Waals surface area contributed by atoms with Gasteiger partial charge in [0, 0.05) is 19.0 Å². The van der Waals surface area contributed by atoms with Gasteiger partial charge in [-0.15, -0.1) is 0 Å². The summed E-state index contributed by atoms with van der Waals surface area (Å²) in [6.07, 6.45) is 1.62. The Bertz CT molecular complexity index is 497. The molecule has 0 radical (unpaired) electrons. The molecule has 1 aliphatic rings. The van der Waals surface area contributed by atoms with Crippen molar-refractivity contribution in [2.75, 3.05) is 19.0 Å². The Morgan fingerprint density at radius 1 is 1.42 bits per heavy atom. The zero-order valence-electron chi connectivity index (χ0n) is 10.3. The number of carboxylic acids is 1. The van der Waals surface area contributed by atoms with E-state index < -0.39 is 22.6 Å². The third-order valence-corrected chi connectivity index (χ3v) is 4.73. The van der Waals surface area contributed by atoms with E-state index in [0.717, 1.165) is 25.0 Å². The second kappa shape index (κ2) is 6.25. The maximum absolute atomic E-state index is 13.6. The fourth-order valence-corrected chi connectivity index (χ4v) is 3.51. The van der Waals surface area contributed by atoms with E-state index in [9.17, 15) is 13.4 Å². The van der Waals surface area contributed by atoms with Crippen LogP contribution in [0.15, 0.2) is 23.1 Å². The lowest BCUT2D eigenvalue weighted by molar-refractivity contribution is 0.0696. The number of carbonyl (C=O) groups is 1. The van der Waals surface area contributed by atoms with Gasteiger partial charge in [-0.1, -0.05) is 0 Å². The topological polar surface area (TPSA) is 63.6 Å². The van der Waals surface area contributed by atoms with Gasteiger partial charge >= 0.3 is 5.97 Å². The molecule has 1 aromatic carbocycles. The van der Waals surface area contributed by atoms with Crippen molar-refractivity contribution in [3.63, 3.8) is 0 Å². The molecule has 6 heteroatoms. The Balaban J connectivity index is 2.13. The Kier molecular flexibility index (Phi) is 4.66. The molecule has 4 nitrogen and oxygen atoms in total. The highest BCUT2D eigenvalue weighted by atomic mass is 32.2. The number of benzene rings is 1. The van der Waals surface area contributed by atoms with Gasteiger partial charge in [0.1, 0.15) is 5.82 Å². The van der Waals surface area contributed by atoms with Crippen molar-refractivity contribution >= 4 is 16.8 Å². The van der Waals surface area contributed by atoms with Gasteiger partial charge in [0.15, 0.2) is 0 Å². The molecule has 1 saturated heterocycles. The summed E-state index contributed by atoms with van der Waals surface area (Å²) in [4.78, 5) is 10.8. The Labute approximate surface area is 113 Å². The van der Waals surface area contributed by atoms with Crippen LogP contribution < -0.4 is 0 Å². The number of hydrogen-bond acceptors (Lipinski definition) is 3. The van der Waals surface area contributed by atoms with Crippen molar-refractivity contribution in [1.29, 1.82) is 0 Å². The number of ether oxygens (including phenoxy) is 1. The van der Waals surface area contributed by atoms with Crippen LogP contribution in [0.3, 0.4) is 0 Å². The third kappa shape index (κ3) is 3.61. The number of hydrogen-bond donors (Lipinski definition) is 1. The van der Waals surface area contributed by atoms with Crippen molar-refractivity contribution in [2.45, 2.75) is 17.7 Å². The molecular weight excluding hydrogens is 271 g/mol. The second-order valence-corrected chi connectivity index (χ2v) is 5.98. The standard InChI is InChI=1S/C13H15FO4S/c14-11-2-1-10(13(15)16)7-12(11)19(17)8-9-3-5-18-6-4-9/h1-2,7,9H,3-6,8H2,(H,15,16). The maximum Gasteiger partial charge on any atom is 0.335 e. The third-order valence-electron chi connectivity index (χ3n) is 3.15. The molecule has 0 saturated carbocycles. The number of carboxylic acid groups (broad SMARTS) is 1. The van der Waals surface area contributed by atoms with E-state index in [1.54, 1.807) is 0 Å². The quantitative estimate of drug-likeness (QED) is 0.920. The summed E-state index contributed by atoms with van der Waals surface area (Å²) in [5.41, 5.74) is -0.0447. The molecule has 104 valence electrons. The van der Waals surface area contributed by atoms with Gasteiger partial charge in [-0.25, -0.2) is 9.18 Å². The molecule has 1 heterocycles. The Morgan fingerprint density at radius 2 is 2.11 bits per heavy atom. The minimum absolute atomic E-state index is 0.0219. The summed E-state index contributed by atoms with van der Waals surface area (Å²) in [5.74, 6) is -1.18. The van der Waals surface area contributed by atoms with E-state index in [1.165, 1.54) is 6.07 Å². The van der Waals surface area contributed by atoms with Gasteiger partial charge in [-0.2, -0.15) is 0 Å². The first-order valence-electron chi connectivity index (χ1n) is 6.07. The minimum Gasteiger partial charge on any atom is -0.478 e. The first-order valence-corrected chi connectivity index (χ1v) is 7.39. The molecule has 1 aliphatic heterocycles. The number of aromatic carboxylic acids is 1. The predicted octanol–water partition coefficient (Wildman–Crippen LogP) is 2.06. The maximum atomic E-state index is 13.6. The Morgan fingerprint density at radius 3 is 2.74 bits per heavy atom. The van der Waals surface area contributed by atoms with Gasteiger partial charge in [0.25, 0.3) is 0 Å². The first kappa shape index (κ1) is 14.1. The Hall–Kier alpha value is -1.27. The SMILES string of the molecule is O=C(O)c1ccc(F)c(S(=O)CC2CCOCC2)c1. The minimum atomic E-state index is -1.51. The molecule has 0 spiro atoms. The molecule has 19 heavy (non-hydrogen) atoms. The van der Waals surface area contributed by atoms with E-state index >= 15 is 0 Å². The van der Waals surface area contributed by atoms with Gasteiger partial charge in [0.2, 0.25) is 0 Å². The van der Waals surface area contributed by atoms with Crippen LogP contribution >= 0.6 is 0 Å². The molecule has 0 amide bonds. The molecular formula is C13H15FO4S. The molecule has 1 fully saturated rings. The van der Waals surface area contributed by atoms with Gasteiger partial charge < -0.3 is 9.84 Å². The van der Waals surface area contributed by atoms with Crippen LogP contribution in [-0.4, -0.2) is 34.3 Å². The monoisotopic (exact) mass is 286 g/mol. The van der Waals surface area contributed by atoms with Crippen LogP contribution in [0.4, 0.5) is 4.39 Å². The highest BCUT2D eigenvalue weighted by Gasteiger charge is 2.20. The molecule has 0 bridgehead atoms. The largest absolute Gasteiger partial charge is 0.478 e. The van der Waals surface area contributed by atoms with Crippen LogP contribution in [0, 0.1) is 11.7 Å². The smallest absolute Gasteiger partial charge is 0.335 e. The summed E-state index contributed by atoms with van der Waals surface area (Å²) in [6.45, 7) is 1.28. The molecule has 1 unspecified atom stereocenters. The van der Waals surface area contributed by atoms with Crippen molar-refractivity contribution in [3.05, 3.63) is 29.6 Å². The molecule has 1 atom stereocenters. The predicted molar refractivity (Wildman–Crippen MR) is 68.2 cm³/mol. The van der Waals surface area contributed by atoms with Crippen molar-refractivity contribution in [3.8, 4) is 0 Å². The first-order chi connectivity index (χ1) is 9.08. The molecule has 0 aromatic heterocycles. The van der Waals surface area contributed by atoms with Crippen LogP contribution in [0.5, 0.6) is 0 Å². The molecule has 0 aliphatic carbocycles. The van der Waals surface area contributed by atoms with Gasteiger partial charge in [0.05, 0.1) is 21.3 Å². The van der Waals surface area contributed by atoms with E-state index in [0.29, 0.717) is 19.0 Å². The van der Waals surface area contributed by atoms with Crippen molar-refractivity contribution < 1.29 is 23.2 Å². The number of rotatable bonds is 4. The van der Waals surface area contributed by atoms with Crippen LogP contribution in [0.2, 0.25) is 0 Å². The van der Waals surface area contributed by atoms with Crippen LogP contribution in [-0.2, 0) is 15.5 Å². The highest BCUT2D eigenvalue weighted by molar-refractivity contribution is 7.85.